The zero-order valence-corrected chi connectivity index (χ0v) is 17.8. The van der Waals surface area contributed by atoms with Gasteiger partial charge in [0, 0.05) is 17.3 Å². The van der Waals surface area contributed by atoms with Crippen molar-refractivity contribution < 1.29 is 4.79 Å². The van der Waals surface area contributed by atoms with Crippen molar-refractivity contribution in [2.24, 2.45) is 0 Å². The number of anilines is 1. The van der Waals surface area contributed by atoms with Gasteiger partial charge in [0.2, 0.25) is 0 Å². The van der Waals surface area contributed by atoms with E-state index in [4.69, 9.17) is 4.98 Å². The SMILES string of the molecule is Cc1cc(C)cc(-c2nc3cc(C)ccn3c2NC(=O)c2ccc3ccccc3c2)c1. The van der Waals surface area contributed by atoms with E-state index in [1.807, 2.05) is 72.1 Å². The van der Waals surface area contributed by atoms with Crippen molar-refractivity contribution in [3.63, 3.8) is 0 Å². The Morgan fingerprint density at radius 1 is 0.806 bits per heavy atom. The molecule has 0 saturated carbocycles. The zero-order chi connectivity index (χ0) is 21.5. The average Bonchev–Trinajstić information content (AvgIpc) is 3.10. The van der Waals surface area contributed by atoms with Crippen LogP contribution in [0.15, 0.2) is 79.0 Å². The smallest absolute Gasteiger partial charge is 0.256 e. The minimum Gasteiger partial charge on any atom is -0.306 e. The van der Waals surface area contributed by atoms with Gasteiger partial charge >= 0.3 is 0 Å². The fourth-order valence-electron chi connectivity index (χ4n) is 4.09. The minimum absolute atomic E-state index is 0.154. The van der Waals surface area contributed by atoms with Gasteiger partial charge in [-0.25, -0.2) is 4.98 Å². The Bertz CT molecular complexity index is 1440. The van der Waals surface area contributed by atoms with Crippen LogP contribution >= 0.6 is 0 Å². The molecule has 0 atom stereocenters. The van der Waals surface area contributed by atoms with E-state index in [2.05, 4.69) is 37.4 Å². The Morgan fingerprint density at radius 3 is 2.32 bits per heavy atom. The van der Waals surface area contributed by atoms with E-state index in [0.29, 0.717) is 11.4 Å². The molecule has 0 unspecified atom stereocenters. The van der Waals surface area contributed by atoms with Crippen molar-refractivity contribution in [1.29, 1.82) is 0 Å². The van der Waals surface area contributed by atoms with Gasteiger partial charge in [-0.15, -0.1) is 0 Å². The third-order valence-electron chi connectivity index (χ3n) is 5.52. The lowest BCUT2D eigenvalue weighted by atomic mass is 10.0. The number of hydrogen-bond acceptors (Lipinski definition) is 2. The highest BCUT2D eigenvalue weighted by Crippen LogP contribution is 2.31. The summed E-state index contributed by atoms with van der Waals surface area (Å²) in [4.78, 5) is 18.1. The first kappa shape index (κ1) is 19.1. The van der Waals surface area contributed by atoms with Crippen LogP contribution in [0.5, 0.6) is 0 Å². The molecule has 0 radical (unpaired) electrons. The number of nitrogens with zero attached hydrogens (tertiary/aromatic N) is 2. The molecule has 3 aromatic carbocycles. The Hall–Kier alpha value is -3.92. The first-order chi connectivity index (χ1) is 15.0. The molecule has 1 N–H and O–H groups in total. The van der Waals surface area contributed by atoms with Crippen molar-refractivity contribution in [1.82, 2.24) is 9.38 Å². The summed E-state index contributed by atoms with van der Waals surface area (Å²) in [5, 5.41) is 5.28. The summed E-state index contributed by atoms with van der Waals surface area (Å²) in [6.45, 7) is 6.19. The maximum absolute atomic E-state index is 13.2. The van der Waals surface area contributed by atoms with Gasteiger partial charge in [-0.05, 0) is 73.5 Å². The van der Waals surface area contributed by atoms with E-state index in [9.17, 15) is 4.79 Å². The average molecular weight is 406 g/mol. The minimum atomic E-state index is -0.154. The largest absolute Gasteiger partial charge is 0.306 e. The molecule has 4 heteroatoms. The number of fused-ring (bicyclic) bond motifs is 2. The standard InChI is InChI=1S/C27H23N3O/c1-17-10-11-30-24(15-17)28-25(23-13-18(2)12-19(3)14-23)26(30)29-27(31)22-9-8-20-6-4-5-7-21(20)16-22/h4-16H,1-3H3,(H,29,31). The van der Waals surface area contributed by atoms with Crippen molar-refractivity contribution >= 4 is 28.1 Å². The summed E-state index contributed by atoms with van der Waals surface area (Å²) in [5.41, 5.74) is 6.64. The van der Waals surface area contributed by atoms with Gasteiger partial charge in [-0.1, -0.05) is 47.5 Å². The lowest BCUT2D eigenvalue weighted by Crippen LogP contribution is -2.14. The summed E-state index contributed by atoms with van der Waals surface area (Å²) in [6.07, 6.45) is 1.96. The number of aryl methyl sites for hydroxylation is 3. The summed E-state index contributed by atoms with van der Waals surface area (Å²) in [7, 11) is 0. The highest BCUT2D eigenvalue weighted by Gasteiger charge is 2.18. The maximum Gasteiger partial charge on any atom is 0.256 e. The Labute approximate surface area is 181 Å². The van der Waals surface area contributed by atoms with Gasteiger partial charge in [0.1, 0.15) is 17.2 Å². The van der Waals surface area contributed by atoms with Crippen LogP contribution in [0, 0.1) is 20.8 Å². The third-order valence-corrected chi connectivity index (χ3v) is 5.52. The molecule has 0 fully saturated rings. The van der Waals surface area contributed by atoms with Crippen LogP contribution in [0.1, 0.15) is 27.0 Å². The number of pyridine rings is 1. The van der Waals surface area contributed by atoms with Crippen molar-refractivity contribution in [3.8, 4) is 11.3 Å². The number of hydrogen-bond donors (Lipinski definition) is 1. The third kappa shape index (κ3) is 3.57. The highest BCUT2D eigenvalue weighted by molar-refractivity contribution is 6.07. The fraction of sp³-hybridized carbons (Fsp3) is 0.111. The monoisotopic (exact) mass is 405 g/mol. The van der Waals surface area contributed by atoms with E-state index in [-0.39, 0.29) is 5.91 Å². The molecule has 0 aliphatic rings. The molecule has 31 heavy (non-hydrogen) atoms. The van der Waals surface area contributed by atoms with Gasteiger partial charge in [0.15, 0.2) is 0 Å². The van der Waals surface area contributed by atoms with Crippen LogP contribution in [-0.2, 0) is 0 Å². The second-order valence-electron chi connectivity index (χ2n) is 8.13. The van der Waals surface area contributed by atoms with E-state index >= 15 is 0 Å². The second-order valence-corrected chi connectivity index (χ2v) is 8.13. The van der Waals surface area contributed by atoms with E-state index in [1.54, 1.807) is 0 Å². The molecule has 2 heterocycles. The molecule has 0 aliphatic heterocycles. The number of carbonyl (C=O) groups excluding carboxylic acids is 1. The van der Waals surface area contributed by atoms with E-state index in [0.717, 1.165) is 44.4 Å². The van der Waals surface area contributed by atoms with Gasteiger partial charge in [0.05, 0.1) is 0 Å². The molecule has 0 aliphatic carbocycles. The number of aromatic nitrogens is 2. The number of rotatable bonds is 3. The fourth-order valence-corrected chi connectivity index (χ4v) is 4.09. The molecule has 5 aromatic rings. The molecule has 0 saturated heterocycles. The number of amides is 1. The van der Waals surface area contributed by atoms with E-state index in [1.165, 1.54) is 0 Å². The highest BCUT2D eigenvalue weighted by atomic mass is 16.1. The van der Waals surface area contributed by atoms with Crippen LogP contribution in [0.4, 0.5) is 5.82 Å². The normalized spacial score (nSPS) is 11.2. The molecule has 0 spiro atoms. The Balaban J connectivity index is 1.63. The Morgan fingerprint density at radius 2 is 1.55 bits per heavy atom. The summed E-state index contributed by atoms with van der Waals surface area (Å²) >= 11 is 0. The summed E-state index contributed by atoms with van der Waals surface area (Å²) in [5.74, 6) is 0.525. The van der Waals surface area contributed by atoms with Crippen LogP contribution in [0.3, 0.4) is 0 Å². The summed E-state index contributed by atoms with van der Waals surface area (Å²) < 4.78 is 1.94. The van der Waals surface area contributed by atoms with Crippen LogP contribution in [0.2, 0.25) is 0 Å². The first-order valence-electron chi connectivity index (χ1n) is 10.4. The van der Waals surface area contributed by atoms with E-state index < -0.39 is 0 Å². The number of nitrogens with one attached hydrogen (secondary N) is 1. The molecular formula is C27H23N3O. The van der Waals surface area contributed by atoms with Crippen molar-refractivity contribution in [3.05, 3.63) is 101 Å². The molecular weight excluding hydrogens is 382 g/mol. The van der Waals surface area contributed by atoms with Crippen molar-refractivity contribution in [2.75, 3.05) is 5.32 Å². The molecule has 0 bridgehead atoms. The van der Waals surface area contributed by atoms with Crippen molar-refractivity contribution in [2.45, 2.75) is 20.8 Å². The van der Waals surface area contributed by atoms with Gasteiger partial charge in [-0.2, -0.15) is 0 Å². The number of imidazole rings is 1. The predicted molar refractivity (Wildman–Crippen MR) is 127 cm³/mol. The first-order valence-corrected chi connectivity index (χ1v) is 10.4. The number of carbonyl (C=O) groups is 1. The topological polar surface area (TPSA) is 46.4 Å². The lowest BCUT2D eigenvalue weighted by molar-refractivity contribution is 0.102. The van der Waals surface area contributed by atoms with Gasteiger partial charge in [0.25, 0.3) is 5.91 Å². The van der Waals surface area contributed by atoms with Gasteiger partial charge in [-0.3, -0.25) is 9.20 Å². The molecule has 1 amide bonds. The van der Waals surface area contributed by atoms with Crippen LogP contribution in [-0.4, -0.2) is 15.3 Å². The zero-order valence-electron chi connectivity index (χ0n) is 17.8. The molecule has 2 aromatic heterocycles. The predicted octanol–water partition coefficient (Wildman–Crippen LogP) is 6.33. The number of benzene rings is 3. The Kier molecular flexibility index (Phi) is 4.55. The van der Waals surface area contributed by atoms with Crippen LogP contribution in [0.25, 0.3) is 27.7 Å². The summed E-state index contributed by atoms with van der Waals surface area (Å²) in [6, 6.07) is 24.2. The maximum atomic E-state index is 13.2. The molecule has 4 nitrogen and oxygen atoms in total. The van der Waals surface area contributed by atoms with Gasteiger partial charge < -0.3 is 5.32 Å². The second kappa shape index (κ2) is 7.40. The molecule has 152 valence electrons. The lowest BCUT2D eigenvalue weighted by Gasteiger charge is -2.10. The molecule has 5 rings (SSSR count). The van der Waals surface area contributed by atoms with Crippen LogP contribution < -0.4 is 5.32 Å². The quantitative estimate of drug-likeness (QED) is 0.381.